The molecule has 2 aliphatic rings. The minimum atomic E-state index is -0.0215. The van der Waals surface area contributed by atoms with Crippen molar-refractivity contribution in [3.8, 4) is 11.5 Å². The van der Waals surface area contributed by atoms with Gasteiger partial charge < -0.3 is 19.3 Å². The van der Waals surface area contributed by atoms with Crippen molar-refractivity contribution in [3.63, 3.8) is 0 Å². The highest BCUT2D eigenvalue weighted by Gasteiger charge is 2.24. The summed E-state index contributed by atoms with van der Waals surface area (Å²) in [6.07, 6.45) is 3.56. The fraction of sp³-hybridized carbons (Fsp3) is 0.387. The number of amides is 2. The summed E-state index contributed by atoms with van der Waals surface area (Å²) >= 11 is 6.52. The highest BCUT2D eigenvalue weighted by Crippen LogP contribution is 2.38. The first-order chi connectivity index (χ1) is 19.5. The number of nitrogens with zero attached hydrogens (tertiary/aromatic N) is 4. The van der Waals surface area contributed by atoms with Crippen LogP contribution in [0.4, 0.5) is 5.69 Å². The average Bonchev–Trinajstić information content (AvgIpc) is 3.21. The zero-order valence-electron chi connectivity index (χ0n) is 22.9. The van der Waals surface area contributed by atoms with E-state index in [9.17, 15) is 9.59 Å². The van der Waals surface area contributed by atoms with Crippen LogP contribution >= 0.6 is 11.6 Å². The van der Waals surface area contributed by atoms with Gasteiger partial charge in [0.25, 0.3) is 0 Å². The van der Waals surface area contributed by atoms with E-state index < -0.39 is 0 Å². The fourth-order valence-corrected chi connectivity index (χ4v) is 5.52. The molecule has 3 heterocycles. The number of hydrogen-bond acceptors (Lipinski definition) is 6. The lowest BCUT2D eigenvalue weighted by atomic mass is 10.1. The van der Waals surface area contributed by atoms with E-state index in [0.717, 1.165) is 41.9 Å². The van der Waals surface area contributed by atoms with Gasteiger partial charge in [0.15, 0.2) is 11.5 Å². The number of anilines is 1. The number of carbonyl (C=O) groups is 2. The molecule has 2 amide bonds. The van der Waals surface area contributed by atoms with Crippen LogP contribution < -0.4 is 14.4 Å². The standard InChI is InChI=1S/C31H35ClN4O4/c1-23(37)36-13-6-12-34(22-26-9-4-5-11-33-26)14-15-35(21-25-8-2-3-10-28(25)36)30(38)20-24-18-27(32)31-29(19-24)39-16-7-17-40-31/h2-5,8-11,18-19H,6-7,12-17,20-22H2,1H3. The van der Waals surface area contributed by atoms with Gasteiger partial charge in [-0.05, 0) is 47.9 Å². The van der Waals surface area contributed by atoms with Gasteiger partial charge >= 0.3 is 0 Å². The van der Waals surface area contributed by atoms with E-state index >= 15 is 0 Å². The van der Waals surface area contributed by atoms with E-state index in [0.29, 0.717) is 62.5 Å². The Labute approximate surface area is 240 Å². The minimum Gasteiger partial charge on any atom is -0.489 e. The van der Waals surface area contributed by atoms with Gasteiger partial charge in [0, 0.05) is 64.5 Å². The van der Waals surface area contributed by atoms with Crippen LogP contribution in [0.2, 0.25) is 5.02 Å². The quantitative estimate of drug-likeness (QED) is 0.458. The van der Waals surface area contributed by atoms with Crippen LogP contribution in [0.3, 0.4) is 0 Å². The third kappa shape index (κ3) is 6.92. The third-order valence-electron chi connectivity index (χ3n) is 7.25. The lowest BCUT2D eigenvalue weighted by Crippen LogP contribution is -2.39. The van der Waals surface area contributed by atoms with Gasteiger partial charge in [0.05, 0.1) is 30.4 Å². The number of pyridine rings is 1. The van der Waals surface area contributed by atoms with Crippen molar-refractivity contribution in [2.24, 2.45) is 0 Å². The fourth-order valence-electron chi connectivity index (χ4n) is 5.23. The van der Waals surface area contributed by atoms with Crippen LogP contribution in [0, 0.1) is 0 Å². The number of fused-ring (bicyclic) bond motifs is 2. The second kappa shape index (κ2) is 13.2. The molecule has 8 nitrogen and oxygen atoms in total. The van der Waals surface area contributed by atoms with Gasteiger partial charge in [-0.25, -0.2) is 0 Å². The number of aromatic nitrogens is 1. The summed E-state index contributed by atoms with van der Waals surface area (Å²) in [6.45, 7) is 6.37. The van der Waals surface area contributed by atoms with Gasteiger partial charge in [0.2, 0.25) is 11.8 Å². The summed E-state index contributed by atoms with van der Waals surface area (Å²) in [7, 11) is 0. The predicted octanol–water partition coefficient (Wildman–Crippen LogP) is 4.73. The highest BCUT2D eigenvalue weighted by atomic mass is 35.5. The Kier molecular flexibility index (Phi) is 9.19. The van der Waals surface area contributed by atoms with Crippen LogP contribution in [0.1, 0.15) is 36.6 Å². The molecule has 9 heteroatoms. The normalized spacial score (nSPS) is 16.4. The molecular formula is C31H35ClN4O4. The molecule has 5 rings (SSSR count). The van der Waals surface area contributed by atoms with Gasteiger partial charge in [-0.2, -0.15) is 0 Å². The van der Waals surface area contributed by atoms with Crippen LogP contribution in [-0.4, -0.2) is 66.0 Å². The molecule has 1 aromatic heterocycles. The van der Waals surface area contributed by atoms with Crippen LogP contribution in [-0.2, 0) is 29.1 Å². The Morgan fingerprint density at radius 3 is 2.60 bits per heavy atom. The zero-order valence-corrected chi connectivity index (χ0v) is 23.6. The monoisotopic (exact) mass is 562 g/mol. The van der Waals surface area contributed by atoms with E-state index in [1.807, 2.05) is 58.3 Å². The van der Waals surface area contributed by atoms with Gasteiger partial charge in [-0.3, -0.25) is 19.5 Å². The van der Waals surface area contributed by atoms with Crippen molar-refractivity contribution in [1.29, 1.82) is 0 Å². The maximum Gasteiger partial charge on any atom is 0.227 e. The van der Waals surface area contributed by atoms with Crippen molar-refractivity contribution >= 4 is 29.1 Å². The Morgan fingerprint density at radius 1 is 0.950 bits per heavy atom. The maximum atomic E-state index is 13.9. The smallest absolute Gasteiger partial charge is 0.227 e. The molecule has 0 fully saturated rings. The van der Waals surface area contributed by atoms with Gasteiger partial charge in [-0.15, -0.1) is 0 Å². The molecule has 2 aliphatic heterocycles. The first-order valence-electron chi connectivity index (χ1n) is 13.8. The largest absolute Gasteiger partial charge is 0.489 e. The Balaban J connectivity index is 1.42. The molecular weight excluding hydrogens is 528 g/mol. The summed E-state index contributed by atoms with van der Waals surface area (Å²) in [6, 6.07) is 17.4. The third-order valence-corrected chi connectivity index (χ3v) is 7.53. The molecule has 40 heavy (non-hydrogen) atoms. The Morgan fingerprint density at radius 2 is 1.77 bits per heavy atom. The second-order valence-electron chi connectivity index (χ2n) is 10.2. The lowest BCUT2D eigenvalue weighted by molar-refractivity contribution is -0.131. The zero-order chi connectivity index (χ0) is 27.9. The van der Waals surface area contributed by atoms with E-state index in [1.165, 1.54) is 0 Å². The van der Waals surface area contributed by atoms with E-state index in [2.05, 4.69) is 9.88 Å². The molecule has 210 valence electrons. The van der Waals surface area contributed by atoms with Crippen molar-refractivity contribution < 1.29 is 19.1 Å². The molecule has 0 unspecified atom stereocenters. The van der Waals surface area contributed by atoms with Gasteiger partial charge in [0.1, 0.15) is 0 Å². The predicted molar refractivity (Wildman–Crippen MR) is 155 cm³/mol. The summed E-state index contributed by atoms with van der Waals surface area (Å²) in [5, 5.41) is 0.448. The molecule has 0 saturated carbocycles. The number of halogens is 1. The molecule has 0 spiro atoms. The Bertz CT molecular complexity index is 1340. The van der Waals surface area contributed by atoms with E-state index in [1.54, 1.807) is 19.2 Å². The highest BCUT2D eigenvalue weighted by molar-refractivity contribution is 6.32. The summed E-state index contributed by atoms with van der Waals surface area (Å²) in [4.78, 5) is 37.1. The number of rotatable bonds is 4. The van der Waals surface area contributed by atoms with Gasteiger partial charge in [-0.1, -0.05) is 35.9 Å². The SMILES string of the molecule is CC(=O)N1CCCN(Cc2ccccn2)CCN(C(=O)Cc2cc(Cl)c3c(c2)OCCCO3)Cc2ccccc21. The van der Waals surface area contributed by atoms with Crippen molar-refractivity contribution in [2.75, 3.05) is 44.3 Å². The van der Waals surface area contributed by atoms with Crippen LogP contribution in [0.25, 0.3) is 0 Å². The molecule has 0 saturated heterocycles. The van der Waals surface area contributed by atoms with Crippen molar-refractivity contribution in [1.82, 2.24) is 14.8 Å². The van der Waals surface area contributed by atoms with Crippen LogP contribution in [0.15, 0.2) is 60.8 Å². The Hall–Kier alpha value is -3.62. The summed E-state index contributed by atoms with van der Waals surface area (Å²) < 4.78 is 11.6. The van der Waals surface area contributed by atoms with Crippen molar-refractivity contribution in [2.45, 2.75) is 39.3 Å². The maximum absolute atomic E-state index is 13.9. The number of benzene rings is 2. The molecule has 0 atom stereocenters. The average molecular weight is 563 g/mol. The molecule has 3 aromatic rings. The first kappa shape index (κ1) is 27.9. The van der Waals surface area contributed by atoms with Crippen LogP contribution in [0.5, 0.6) is 11.5 Å². The minimum absolute atomic E-state index is 0.0114. The molecule has 0 bridgehead atoms. The van der Waals surface area contributed by atoms with Crippen molar-refractivity contribution in [3.05, 3.63) is 82.6 Å². The number of carbonyl (C=O) groups excluding carboxylic acids is 2. The first-order valence-corrected chi connectivity index (χ1v) is 14.2. The molecule has 0 radical (unpaired) electrons. The number of para-hydroxylation sites is 1. The van der Waals surface area contributed by atoms with E-state index in [-0.39, 0.29) is 18.2 Å². The molecule has 0 aliphatic carbocycles. The molecule has 2 aromatic carbocycles. The number of ether oxygens (including phenoxy) is 2. The summed E-state index contributed by atoms with van der Waals surface area (Å²) in [5.74, 6) is 1.08. The molecule has 0 N–H and O–H groups in total. The topological polar surface area (TPSA) is 75.2 Å². The summed E-state index contributed by atoms with van der Waals surface area (Å²) in [5.41, 5.74) is 3.55. The lowest BCUT2D eigenvalue weighted by Gasteiger charge is -2.28. The second-order valence-corrected chi connectivity index (χ2v) is 10.6. The number of hydrogen-bond donors (Lipinski definition) is 0. The van der Waals surface area contributed by atoms with E-state index in [4.69, 9.17) is 21.1 Å².